The van der Waals surface area contributed by atoms with Crippen LogP contribution in [-0.4, -0.2) is 53.0 Å². The van der Waals surface area contributed by atoms with Crippen molar-refractivity contribution >= 4 is 8.32 Å². The molecule has 34 heavy (non-hydrogen) atoms. The Balaban J connectivity index is 1.53. The summed E-state index contributed by atoms with van der Waals surface area (Å²) in [6.07, 6.45) is 2.36. The third-order valence-electron chi connectivity index (χ3n) is 7.01. The average Bonchev–Trinajstić information content (AvgIpc) is 3.28. The van der Waals surface area contributed by atoms with Gasteiger partial charge in [0.25, 0.3) is 0 Å². The molecule has 0 saturated heterocycles. The summed E-state index contributed by atoms with van der Waals surface area (Å²) in [6.45, 7) is 6.65. The molecular formula is C26H35N3O4Si. The zero-order valence-corrected chi connectivity index (χ0v) is 21.3. The molecule has 0 amide bonds. The maximum absolute atomic E-state index is 11.3. The van der Waals surface area contributed by atoms with E-state index < -0.39 is 8.32 Å². The predicted octanol–water partition coefficient (Wildman–Crippen LogP) is 4.14. The molecule has 2 unspecified atom stereocenters. The molecule has 0 bridgehead atoms. The molecule has 1 aromatic heterocycles. The Labute approximate surface area is 202 Å². The highest BCUT2D eigenvalue weighted by molar-refractivity contribution is 6.71. The standard InChI is InChI=1S/C26H35N3O4Si/c1-18-25(32-2)20-12-8-9-13-23(20)33-26(18)24(34(3,4)31)14-15-29-16-22(27-28-29)21(17-30)19-10-6-5-7-11-19/h5-13,16,18,21,24-26,30-31H,14-15,17H2,1-4H3/t18-,21?,24?,25-,26-/m0/s1. The summed E-state index contributed by atoms with van der Waals surface area (Å²) in [7, 11) is -0.856. The fraction of sp³-hybridized carbons (Fsp3) is 0.462. The Morgan fingerprint density at radius 3 is 2.50 bits per heavy atom. The minimum Gasteiger partial charge on any atom is -0.490 e. The summed E-state index contributed by atoms with van der Waals surface area (Å²) in [5, 5.41) is 18.6. The molecule has 2 heterocycles. The van der Waals surface area contributed by atoms with Gasteiger partial charge in [-0.2, -0.15) is 0 Å². The van der Waals surface area contributed by atoms with E-state index in [4.69, 9.17) is 9.47 Å². The number of aryl methyl sites for hydroxylation is 1. The first-order valence-electron chi connectivity index (χ1n) is 11.9. The Morgan fingerprint density at radius 2 is 1.82 bits per heavy atom. The number of hydrogen-bond donors (Lipinski definition) is 2. The SMILES string of the molecule is CO[C@@H]1c2ccccc2O[C@H](C(CCn2cc(C(CO)c3ccccc3)nn2)[Si](C)(C)O)[C@H]1C. The van der Waals surface area contributed by atoms with Crippen LogP contribution in [0.15, 0.2) is 60.8 Å². The second-order valence-corrected chi connectivity index (χ2v) is 13.8. The van der Waals surface area contributed by atoms with E-state index in [1.165, 1.54) is 0 Å². The van der Waals surface area contributed by atoms with E-state index in [2.05, 4.69) is 17.2 Å². The molecule has 2 N–H and O–H groups in total. The van der Waals surface area contributed by atoms with Crippen LogP contribution >= 0.6 is 0 Å². The molecule has 0 spiro atoms. The molecule has 2 aromatic carbocycles. The molecule has 0 fully saturated rings. The van der Waals surface area contributed by atoms with Gasteiger partial charge < -0.3 is 19.4 Å². The van der Waals surface area contributed by atoms with E-state index in [0.717, 1.165) is 22.6 Å². The quantitative estimate of drug-likeness (QED) is 0.447. The molecule has 7 nitrogen and oxygen atoms in total. The molecule has 182 valence electrons. The van der Waals surface area contributed by atoms with Gasteiger partial charge in [0.05, 0.1) is 24.3 Å². The van der Waals surface area contributed by atoms with Gasteiger partial charge in [-0.25, -0.2) is 0 Å². The molecule has 1 aliphatic rings. The zero-order chi connectivity index (χ0) is 24.3. The molecular weight excluding hydrogens is 446 g/mol. The van der Waals surface area contributed by atoms with Crippen LogP contribution in [0.5, 0.6) is 5.75 Å². The number of fused-ring (bicyclic) bond motifs is 1. The molecule has 0 aliphatic carbocycles. The van der Waals surface area contributed by atoms with E-state index in [1.807, 2.05) is 78.6 Å². The number of aliphatic hydroxyl groups is 1. The smallest absolute Gasteiger partial charge is 0.189 e. The van der Waals surface area contributed by atoms with Crippen molar-refractivity contribution in [3.63, 3.8) is 0 Å². The fourth-order valence-corrected chi connectivity index (χ4v) is 7.16. The van der Waals surface area contributed by atoms with Crippen LogP contribution in [0.1, 0.15) is 42.2 Å². The Bertz CT molecular complexity index is 1070. The highest BCUT2D eigenvalue weighted by Gasteiger charge is 2.46. The van der Waals surface area contributed by atoms with Gasteiger partial charge in [0.1, 0.15) is 11.9 Å². The van der Waals surface area contributed by atoms with Gasteiger partial charge >= 0.3 is 0 Å². The second kappa shape index (κ2) is 10.4. The van der Waals surface area contributed by atoms with Crippen molar-refractivity contribution in [1.29, 1.82) is 0 Å². The van der Waals surface area contributed by atoms with Crippen molar-refractivity contribution in [3.8, 4) is 5.75 Å². The molecule has 3 aromatic rings. The van der Waals surface area contributed by atoms with Crippen LogP contribution in [-0.2, 0) is 11.3 Å². The second-order valence-electron chi connectivity index (χ2n) is 9.74. The summed E-state index contributed by atoms with van der Waals surface area (Å²) in [5.41, 5.74) is 2.78. The molecule has 4 rings (SSSR count). The highest BCUT2D eigenvalue weighted by atomic mass is 28.4. The molecule has 0 radical (unpaired) electrons. The van der Waals surface area contributed by atoms with Gasteiger partial charge in [-0.3, -0.25) is 4.68 Å². The summed E-state index contributed by atoms with van der Waals surface area (Å²) in [5.74, 6) is 0.708. The van der Waals surface area contributed by atoms with Crippen LogP contribution in [0.25, 0.3) is 0 Å². The Morgan fingerprint density at radius 1 is 1.12 bits per heavy atom. The number of nitrogens with zero attached hydrogens (tertiary/aromatic N) is 3. The molecule has 8 heteroatoms. The highest BCUT2D eigenvalue weighted by Crippen LogP contribution is 2.46. The first kappa shape index (κ1) is 24.6. The van der Waals surface area contributed by atoms with Gasteiger partial charge in [-0.1, -0.05) is 60.7 Å². The van der Waals surface area contributed by atoms with Crippen LogP contribution in [0.4, 0.5) is 0 Å². The van der Waals surface area contributed by atoms with Gasteiger partial charge in [0.2, 0.25) is 0 Å². The van der Waals surface area contributed by atoms with Gasteiger partial charge in [-0.15, -0.1) is 5.10 Å². The number of aliphatic hydroxyl groups excluding tert-OH is 1. The first-order valence-corrected chi connectivity index (χ1v) is 14.9. The zero-order valence-electron chi connectivity index (χ0n) is 20.3. The Kier molecular flexibility index (Phi) is 7.52. The van der Waals surface area contributed by atoms with Crippen molar-refractivity contribution in [2.24, 2.45) is 5.92 Å². The number of benzene rings is 2. The summed E-state index contributed by atoms with van der Waals surface area (Å²) in [4.78, 5) is 11.3. The summed E-state index contributed by atoms with van der Waals surface area (Å²) < 4.78 is 14.2. The van der Waals surface area contributed by atoms with Crippen molar-refractivity contribution < 1.29 is 19.4 Å². The van der Waals surface area contributed by atoms with Crippen LogP contribution in [0.3, 0.4) is 0 Å². The lowest BCUT2D eigenvalue weighted by molar-refractivity contribution is -0.0247. The van der Waals surface area contributed by atoms with Crippen molar-refractivity contribution in [3.05, 3.63) is 77.6 Å². The minimum atomic E-state index is -2.59. The van der Waals surface area contributed by atoms with E-state index in [9.17, 15) is 9.90 Å². The summed E-state index contributed by atoms with van der Waals surface area (Å²) in [6, 6.07) is 17.8. The molecule has 5 atom stereocenters. The van der Waals surface area contributed by atoms with Crippen LogP contribution in [0.2, 0.25) is 18.6 Å². The monoisotopic (exact) mass is 481 g/mol. The van der Waals surface area contributed by atoms with E-state index in [1.54, 1.807) is 7.11 Å². The lowest BCUT2D eigenvalue weighted by atomic mass is 9.86. The van der Waals surface area contributed by atoms with Gasteiger partial charge in [0, 0.05) is 36.9 Å². The number of hydrogen-bond acceptors (Lipinski definition) is 6. The van der Waals surface area contributed by atoms with Crippen molar-refractivity contribution in [1.82, 2.24) is 15.0 Å². The van der Waals surface area contributed by atoms with Crippen LogP contribution in [0, 0.1) is 5.92 Å². The van der Waals surface area contributed by atoms with Crippen molar-refractivity contribution in [2.75, 3.05) is 13.7 Å². The number of methoxy groups -OCH3 is 1. The topological polar surface area (TPSA) is 89.6 Å². The van der Waals surface area contributed by atoms with E-state index >= 15 is 0 Å². The third-order valence-corrected chi connectivity index (χ3v) is 9.44. The molecule has 0 saturated carbocycles. The lowest BCUT2D eigenvalue weighted by Crippen LogP contribution is -2.48. The normalized spacial score (nSPS) is 22.0. The number of aromatic nitrogens is 3. The lowest BCUT2D eigenvalue weighted by Gasteiger charge is -2.43. The van der Waals surface area contributed by atoms with E-state index in [-0.39, 0.29) is 36.2 Å². The Hall–Kier alpha value is -2.52. The maximum atomic E-state index is 11.3. The largest absolute Gasteiger partial charge is 0.490 e. The van der Waals surface area contributed by atoms with Gasteiger partial charge in [-0.05, 0) is 31.1 Å². The van der Waals surface area contributed by atoms with Crippen LogP contribution < -0.4 is 4.74 Å². The fourth-order valence-electron chi connectivity index (χ4n) is 5.15. The van der Waals surface area contributed by atoms with Gasteiger partial charge in [0.15, 0.2) is 8.32 Å². The summed E-state index contributed by atoms with van der Waals surface area (Å²) >= 11 is 0. The predicted molar refractivity (Wildman–Crippen MR) is 133 cm³/mol. The average molecular weight is 482 g/mol. The third kappa shape index (κ3) is 5.10. The maximum Gasteiger partial charge on any atom is 0.189 e. The van der Waals surface area contributed by atoms with Crippen molar-refractivity contribution in [2.45, 2.75) is 56.7 Å². The number of para-hydroxylation sites is 1. The van der Waals surface area contributed by atoms with E-state index in [0.29, 0.717) is 13.0 Å². The first-order chi connectivity index (χ1) is 16.3. The molecule has 1 aliphatic heterocycles. The number of rotatable bonds is 9. The minimum absolute atomic E-state index is 0.0241. The number of ether oxygens (including phenoxy) is 2.